The van der Waals surface area contributed by atoms with Crippen molar-refractivity contribution in [2.24, 2.45) is 4.99 Å². The van der Waals surface area contributed by atoms with Gasteiger partial charge in [0.1, 0.15) is 0 Å². The van der Waals surface area contributed by atoms with E-state index in [-0.39, 0.29) is 23.6 Å². The molecule has 1 atom stereocenters. The van der Waals surface area contributed by atoms with Gasteiger partial charge in [-0.15, -0.1) is 0 Å². The number of rotatable bonds is 6. The summed E-state index contributed by atoms with van der Waals surface area (Å²) in [5.74, 6) is -0.644. The molecule has 1 aromatic rings. The Morgan fingerprint density at radius 2 is 2.13 bits per heavy atom. The molecule has 158 valence electrons. The highest BCUT2D eigenvalue weighted by Crippen LogP contribution is 2.45. The number of amides is 1. The van der Waals surface area contributed by atoms with Crippen LogP contribution in [-0.4, -0.2) is 52.5 Å². The topological polar surface area (TPSA) is 105 Å². The van der Waals surface area contributed by atoms with E-state index >= 15 is 0 Å². The second kappa shape index (κ2) is 8.70. The molecule has 0 N–H and O–H groups in total. The van der Waals surface area contributed by atoms with Gasteiger partial charge in [0.05, 0.1) is 35.8 Å². The molecule has 1 aromatic carbocycles. The summed E-state index contributed by atoms with van der Waals surface area (Å²) in [7, 11) is 3.00. The number of non-ortho nitro benzene ring substituents is 1. The largest absolute Gasteiger partial charge is 0.466 e. The number of hydrogen-bond donors (Lipinski definition) is 0. The summed E-state index contributed by atoms with van der Waals surface area (Å²) in [4.78, 5) is 43.9. The Labute approximate surface area is 178 Å². The van der Waals surface area contributed by atoms with Crippen LogP contribution >= 0.6 is 11.8 Å². The van der Waals surface area contributed by atoms with Gasteiger partial charge in [-0.25, -0.2) is 9.79 Å². The molecule has 0 spiro atoms. The van der Waals surface area contributed by atoms with Crippen molar-refractivity contribution in [1.82, 2.24) is 9.80 Å². The van der Waals surface area contributed by atoms with Crippen molar-refractivity contribution in [3.63, 3.8) is 0 Å². The number of hydrogen-bond acceptors (Lipinski definition) is 8. The van der Waals surface area contributed by atoms with Crippen molar-refractivity contribution in [3.8, 4) is 0 Å². The number of nitrogens with zero attached hydrogens (tertiary/aromatic N) is 4. The first-order valence-electron chi connectivity index (χ1n) is 9.29. The lowest BCUT2D eigenvalue weighted by Crippen LogP contribution is -2.38. The van der Waals surface area contributed by atoms with Crippen LogP contribution < -0.4 is 0 Å². The Morgan fingerprint density at radius 3 is 2.77 bits per heavy atom. The van der Waals surface area contributed by atoms with Gasteiger partial charge in [0.15, 0.2) is 5.17 Å². The molecule has 1 amide bonds. The Bertz CT molecular complexity index is 1000. The third-order valence-electron chi connectivity index (χ3n) is 5.04. The van der Waals surface area contributed by atoms with Crippen LogP contribution in [-0.2, 0) is 14.3 Å². The van der Waals surface area contributed by atoms with Crippen LogP contribution in [0.1, 0.15) is 31.9 Å². The van der Waals surface area contributed by atoms with Gasteiger partial charge >= 0.3 is 5.97 Å². The Kier molecular flexibility index (Phi) is 6.25. The summed E-state index contributed by atoms with van der Waals surface area (Å²) in [6.07, 6.45) is 0.120. The molecular formula is C20H22N4O5S. The maximum absolute atomic E-state index is 12.6. The summed E-state index contributed by atoms with van der Waals surface area (Å²) in [5.41, 5.74) is 1.89. The van der Waals surface area contributed by atoms with E-state index in [0.717, 1.165) is 0 Å². The maximum Gasteiger partial charge on any atom is 0.338 e. The molecule has 9 nitrogen and oxygen atoms in total. The molecule has 2 aliphatic rings. The van der Waals surface area contributed by atoms with Gasteiger partial charge in [-0.1, -0.05) is 23.9 Å². The number of carbonyl (C=O) groups excluding carboxylic acids is 2. The third kappa shape index (κ3) is 3.95. The molecule has 10 heteroatoms. The zero-order valence-corrected chi connectivity index (χ0v) is 17.9. The number of amidine groups is 1. The van der Waals surface area contributed by atoms with Crippen LogP contribution in [0, 0.1) is 10.1 Å². The van der Waals surface area contributed by atoms with Gasteiger partial charge < -0.3 is 14.5 Å². The van der Waals surface area contributed by atoms with Crippen LogP contribution in [0.25, 0.3) is 0 Å². The Morgan fingerprint density at radius 1 is 1.40 bits per heavy atom. The highest BCUT2D eigenvalue weighted by Gasteiger charge is 2.41. The summed E-state index contributed by atoms with van der Waals surface area (Å²) >= 11 is 1.35. The highest BCUT2D eigenvalue weighted by molar-refractivity contribution is 8.16. The van der Waals surface area contributed by atoms with Gasteiger partial charge in [-0.3, -0.25) is 14.9 Å². The molecule has 3 rings (SSSR count). The fourth-order valence-electron chi connectivity index (χ4n) is 3.33. The number of fused-ring (bicyclic) bond motifs is 1. The predicted molar refractivity (Wildman–Crippen MR) is 113 cm³/mol. The number of ether oxygens (including phenoxy) is 1. The van der Waals surface area contributed by atoms with Gasteiger partial charge in [0.25, 0.3) is 5.69 Å². The van der Waals surface area contributed by atoms with Crippen molar-refractivity contribution in [1.29, 1.82) is 0 Å². The quantitative estimate of drug-likeness (QED) is 0.388. The van der Waals surface area contributed by atoms with E-state index in [1.807, 2.05) is 12.3 Å². The molecule has 2 heterocycles. The van der Waals surface area contributed by atoms with Crippen LogP contribution in [0.5, 0.6) is 0 Å². The SMILES string of the molecule is CCN(C)C(=O)CC1=CSC2=NC(C)=C(C(=O)OC)[C@@H](c3cccc([N+](=O)[O-])c3)N12. The lowest BCUT2D eigenvalue weighted by atomic mass is 9.93. The van der Waals surface area contributed by atoms with Crippen molar-refractivity contribution >= 4 is 34.5 Å². The lowest BCUT2D eigenvalue weighted by molar-refractivity contribution is -0.384. The van der Waals surface area contributed by atoms with Crippen LogP contribution in [0.3, 0.4) is 0 Å². The molecular weight excluding hydrogens is 408 g/mol. The minimum Gasteiger partial charge on any atom is -0.466 e. The molecule has 0 saturated carbocycles. The summed E-state index contributed by atoms with van der Waals surface area (Å²) in [6.45, 7) is 4.16. The molecule has 30 heavy (non-hydrogen) atoms. The Balaban J connectivity index is 2.10. The zero-order chi connectivity index (χ0) is 22.0. The minimum atomic E-state index is -0.689. The number of nitro groups is 1. The zero-order valence-electron chi connectivity index (χ0n) is 17.1. The van der Waals surface area contributed by atoms with Crippen molar-refractivity contribution in [2.75, 3.05) is 20.7 Å². The first-order valence-corrected chi connectivity index (χ1v) is 10.2. The fourth-order valence-corrected chi connectivity index (χ4v) is 4.30. The van der Waals surface area contributed by atoms with Crippen LogP contribution in [0.4, 0.5) is 5.69 Å². The second-order valence-corrected chi connectivity index (χ2v) is 7.66. The van der Waals surface area contributed by atoms with E-state index in [0.29, 0.717) is 28.7 Å². The van der Waals surface area contributed by atoms with Crippen LogP contribution in [0.2, 0.25) is 0 Å². The van der Waals surface area contributed by atoms with E-state index in [2.05, 4.69) is 4.99 Å². The predicted octanol–water partition coefficient (Wildman–Crippen LogP) is 3.21. The fraction of sp³-hybridized carbons (Fsp3) is 0.350. The van der Waals surface area contributed by atoms with Crippen molar-refractivity contribution in [2.45, 2.75) is 26.3 Å². The van der Waals surface area contributed by atoms with Crippen molar-refractivity contribution in [3.05, 3.63) is 62.3 Å². The molecule has 0 saturated heterocycles. The maximum atomic E-state index is 12.6. The smallest absolute Gasteiger partial charge is 0.338 e. The minimum absolute atomic E-state index is 0.0747. The number of thioether (sulfide) groups is 1. The summed E-state index contributed by atoms with van der Waals surface area (Å²) < 4.78 is 4.98. The van der Waals surface area contributed by atoms with Gasteiger partial charge in [0.2, 0.25) is 5.91 Å². The summed E-state index contributed by atoms with van der Waals surface area (Å²) in [6, 6.07) is 5.43. The Hall–Kier alpha value is -3.14. The number of nitro benzene ring substituents is 1. The number of esters is 1. The lowest BCUT2D eigenvalue weighted by Gasteiger charge is -2.36. The molecule has 0 fully saturated rings. The molecule has 0 bridgehead atoms. The number of aliphatic imine (C=N–C) groups is 1. The summed E-state index contributed by atoms with van der Waals surface area (Å²) in [5, 5.41) is 13.8. The first-order chi connectivity index (χ1) is 14.3. The second-order valence-electron chi connectivity index (χ2n) is 6.82. The highest BCUT2D eigenvalue weighted by atomic mass is 32.2. The molecule has 0 unspecified atom stereocenters. The first kappa shape index (κ1) is 21.6. The number of benzene rings is 1. The third-order valence-corrected chi connectivity index (χ3v) is 5.92. The van der Waals surface area contributed by atoms with Crippen LogP contribution in [0.15, 0.2) is 51.6 Å². The standard InChI is InChI=1S/C20H22N4O5S/c1-5-22(3)16(25)10-15-11-30-20-21-12(2)17(19(26)29-4)18(23(15)20)13-7-6-8-14(9-13)24(27)28/h6-9,11,18H,5,10H2,1-4H3/t18-/m1/s1. The van der Waals surface area contributed by atoms with E-state index in [9.17, 15) is 19.7 Å². The van der Waals surface area contributed by atoms with E-state index in [1.54, 1.807) is 35.9 Å². The monoisotopic (exact) mass is 430 g/mol. The van der Waals surface area contributed by atoms with E-state index < -0.39 is 16.9 Å². The van der Waals surface area contributed by atoms with E-state index in [1.165, 1.54) is 31.0 Å². The van der Waals surface area contributed by atoms with Gasteiger partial charge in [-0.05, 0) is 24.8 Å². The van der Waals surface area contributed by atoms with Crippen molar-refractivity contribution < 1.29 is 19.2 Å². The van der Waals surface area contributed by atoms with E-state index in [4.69, 9.17) is 4.74 Å². The van der Waals surface area contributed by atoms with Gasteiger partial charge in [-0.2, -0.15) is 0 Å². The normalized spacial score (nSPS) is 17.9. The number of methoxy groups -OCH3 is 1. The molecule has 0 aromatic heterocycles. The molecule has 0 aliphatic carbocycles. The number of carbonyl (C=O) groups is 2. The van der Waals surface area contributed by atoms with Gasteiger partial charge in [0, 0.05) is 31.4 Å². The molecule has 2 aliphatic heterocycles. The number of allylic oxidation sites excluding steroid dienone is 1. The molecule has 0 radical (unpaired) electrons. The average molecular weight is 430 g/mol. The average Bonchev–Trinajstić information content (AvgIpc) is 3.13.